The van der Waals surface area contributed by atoms with E-state index in [0.29, 0.717) is 0 Å². The van der Waals surface area contributed by atoms with Crippen molar-refractivity contribution in [2.24, 2.45) is 0 Å². The summed E-state index contributed by atoms with van der Waals surface area (Å²) in [7, 11) is 0. The Kier molecular flexibility index (Phi) is 20.9. The molecule has 42 heavy (non-hydrogen) atoms. The summed E-state index contributed by atoms with van der Waals surface area (Å²) in [5.74, 6) is -3.99. The van der Waals surface area contributed by atoms with Gasteiger partial charge in [0.05, 0.1) is 0 Å². The third-order valence-corrected chi connectivity index (χ3v) is 32.7. The summed E-state index contributed by atoms with van der Waals surface area (Å²) < 4.78 is 0. The third-order valence-electron chi connectivity index (χ3n) is 10.2. The summed E-state index contributed by atoms with van der Waals surface area (Å²) in [6, 6.07) is 9.97. The molecular weight excluding hydrogens is 583 g/mol. The van der Waals surface area contributed by atoms with Crippen LogP contribution in [-0.4, -0.2) is 49.3 Å². The molecule has 0 spiro atoms. The SMILES string of the molecule is CCCCP(CCCC)(CCCC)(CCCC)Sc1ccccc1SP(CCCC)(CCCC)(CCCC)CCCC. The number of hydrogen-bond donors (Lipinski definition) is 0. The molecule has 250 valence electrons. The van der Waals surface area contributed by atoms with Crippen molar-refractivity contribution in [1.82, 2.24) is 0 Å². The molecule has 0 aliphatic rings. The topological polar surface area (TPSA) is 0 Å². The molecule has 4 heteroatoms. The van der Waals surface area contributed by atoms with Gasteiger partial charge in [-0.3, -0.25) is 0 Å². The fourth-order valence-electron chi connectivity index (χ4n) is 7.33. The fourth-order valence-corrected chi connectivity index (χ4v) is 31.6. The van der Waals surface area contributed by atoms with Crippen molar-refractivity contribution in [2.45, 2.75) is 168 Å². The van der Waals surface area contributed by atoms with Gasteiger partial charge < -0.3 is 0 Å². The summed E-state index contributed by atoms with van der Waals surface area (Å²) in [6.07, 6.45) is 34.3. The van der Waals surface area contributed by atoms with Crippen LogP contribution in [0.3, 0.4) is 0 Å². The van der Waals surface area contributed by atoms with Crippen LogP contribution in [0.2, 0.25) is 0 Å². The van der Waals surface area contributed by atoms with Gasteiger partial charge in [-0.2, -0.15) is 0 Å². The van der Waals surface area contributed by atoms with E-state index in [1.165, 1.54) is 152 Å². The van der Waals surface area contributed by atoms with Crippen molar-refractivity contribution < 1.29 is 0 Å². The molecule has 0 atom stereocenters. The van der Waals surface area contributed by atoms with E-state index in [2.05, 4.69) is 102 Å². The molecule has 0 aliphatic heterocycles. The van der Waals surface area contributed by atoms with Gasteiger partial charge in [-0.05, 0) is 0 Å². The molecule has 1 aromatic rings. The predicted octanol–water partition coefficient (Wildman–Crippen LogP) is 15.2. The molecular formula is C38H76P2S2. The first-order valence-corrected chi connectivity index (χ1v) is 27.6. The molecule has 0 saturated heterocycles. The minimum atomic E-state index is -1.99. The molecule has 0 aliphatic carbocycles. The molecule has 0 saturated carbocycles. The minimum absolute atomic E-state index is 1.35. The van der Waals surface area contributed by atoms with E-state index in [0.717, 1.165) is 0 Å². The van der Waals surface area contributed by atoms with Crippen LogP contribution in [0.25, 0.3) is 0 Å². The average Bonchev–Trinajstić information content (AvgIpc) is 3.02. The van der Waals surface area contributed by atoms with E-state index in [9.17, 15) is 0 Å². The molecule has 1 aromatic carbocycles. The van der Waals surface area contributed by atoms with Gasteiger partial charge in [-0.15, -0.1) is 0 Å². The Morgan fingerprint density at radius 3 is 0.714 bits per heavy atom. The zero-order valence-corrected chi connectivity index (χ0v) is 33.4. The second-order valence-corrected chi connectivity index (χ2v) is 33.5. The van der Waals surface area contributed by atoms with Crippen LogP contribution < -0.4 is 0 Å². The van der Waals surface area contributed by atoms with Crippen LogP contribution in [0.4, 0.5) is 0 Å². The zero-order valence-electron chi connectivity index (χ0n) is 30.0. The number of hydrogen-bond acceptors (Lipinski definition) is 2. The molecule has 0 nitrogen and oxygen atoms in total. The van der Waals surface area contributed by atoms with Gasteiger partial charge in [0.1, 0.15) is 0 Å². The van der Waals surface area contributed by atoms with E-state index in [1.807, 2.05) is 0 Å². The van der Waals surface area contributed by atoms with Gasteiger partial charge in [-0.1, -0.05) is 0 Å². The van der Waals surface area contributed by atoms with Gasteiger partial charge in [0.25, 0.3) is 0 Å². The van der Waals surface area contributed by atoms with Crippen LogP contribution in [-0.2, 0) is 0 Å². The number of rotatable bonds is 28. The molecule has 0 N–H and O–H groups in total. The van der Waals surface area contributed by atoms with Crippen molar-refractivity contribution in [2.75, 3.05) is 49.3 Å². The second kappa shape index (κ2) is 21.6. The van der Waals surface area contributed by atoms with Gasteiger partial charge in [0, 0.05) is 0 Å². The first-order valence-electron chi connectivity index (χ1n) is 18.8. The summed E-state index contributed by atoms with van der Waals surface area (Å²) >= 11 is 5.07. The summed E-state index contributed by atoms with van der Waals surface area (Å²) in [6.45, 7) is 19.5. The van der Waals surface area contributed by atoms with E-state index < -0.39 is 11.6 Å². The molecule has 0 radical (unpaired) electrons. The van der Waals surface area contributed by atoms with Crippen molar-refractivity contribution in [3.8, 4) is 0 Å². The summed E-state index contributed by atoms with van der Waals surface area (Å²) in [5, 5.41) is 0. The second-order valence-electron chi connectivity index (χ2n) is 14.0. The number of unbranched alkanes of at least 4 members (excludes halogenated alkanes) is 8. The van der Waals surface area contributed by atoms with E-state index in [-0.39, 0.29) is 0 Å². The Hall–Kier alpha value is 0.780. The monoisotopic (exact) mass is 658 g/mol. The molecule has 0 amide bonds. The van der Waals surface area contributed by atoms with Crippen molar-refractivity contribution in [3.63, 3.8) is 0 Å². The Balaban J connectivity index is 3.88. The van der Waals surface area contributed by atoms with Crippen LogP contribution in [0.5, 0.6) is 0 Å². The van der Waals surface area contributed by atoms with Gasteiger partial charge in [0.2, 0.25) is 0 Å². The van der Waals surface area contributed by atoms with Crippen LogP contribution in [0, 0.1) is 0 Å². The maximum absolute atomic E-state index is 2.59. The van der Waals surface area contributed by atoms with Crippen molar-refractivity contribution in [1.29, 1.82) is 0 Å². The van der Waals surface area contributed by atoms with E-state index in [1.54, 1.807) is 9.79 Å². The van der Waals surface area contributed by atoms with E-state index >= 15 is 0 Å². The first-order chi connectivity index (χ1) is 20.3. The van der Waals surface area contributed by atoms with Crippen LogP contribution in [0.15, 0.2) is 34.1 Å². The van der Waals surface area contributed by atoms with Gasteiger partial charge >= 0.3 is 276 Å². The van der Waals surface area contributed by atoms with Crippen LogP contribution in [0.1, 0.15) is 158 Å². The first kappa shape index (κ1) is 40.8. The molecule has 0 unspecified atom stereocenters. The Labute approximate surface area is 274 Å². The summed E-state index contributed by atoms with van der Waals surface area (Å²) in [4.78, 5) is 3.41. The molecule has 0 heterocycles. The average molecular weight is 659 g/mol. The number of benzene rings is 1. The van der Waals surface area contributed by atoms with Crippen molar-refractivity contribution in [3.05, 3.63) is 24.3 Å². The van der Waals surface area contributed by atoms with Gasteiger partial charge in [0.15, 0.2) is 0 Å². The Morgan fingerprint density at radius 2 is 0.548 bits per heavy atom. The standard InChI is InChI=1S/C38H76P2S2/c1-9-17-29-39(30-18-10-2,31-19-11-3,32-20-12-4)41-37-27-25-26-28-38(37)42-40(33-21-13-5,34-22-14-6,35-23-15-7)36-24-16-8/h25-28H,9-24,29-36H2,1-8H3. The molecule has 1 rings (SSSR count). The summed E-state index contributed by atoms with van der Waals surface area (Å²) in [5.41, 5.74) is 0. The van der Waals surface area contributed by atoms with E-state index in [4.69, 9.17) is 0 Å². The molecule has 0 aromatic heterocycles. The van der Waals surface area contributed by atoms with Crippen LogP contribution >= 0.6 is 34.4 Å². The Bertz CT molecular complexity index is 669. The predicted molar refractivity (Wildman–Crippen MR) is 210 cm³/mol. The van der Waals surface area contributed by atoms with Gasteiger partial charge in [-0.25, -0.2) is 0 Å². The quantitative estimate of drug-likeness (QED) is 0.0822. The van der Waals surface area contributed by atoms with Crippen molar-refractivity contribution >= 4 is 34.4 Å². The third kappa shape index (κ3) is 12.5. The zero-order chi connectivity index (χ0) is 31.3. The molecule has 0 fully saturated rings. The maximum atomic E-state index is 2.59. The molecule has 0 bridgehead atoms. The normalized spacial score (nSPS) is 14.4. The fraction of sp³-hybridized carbons (Fsp3) is 0.842. The Morgan fingerprint density at radius 1 is 0.357 bits per heavy atom.